The molecule has 0 spiro atoms. The summed E-state index contributed by atoms with van der Waals surface area (Å²) in [7, 11) is 5.18. The fourth-order valence-corrected chi connectivity index (χ4v) is 2.31. The van der Waals surface area contributed by atoms with Crippen molar-refractivity contribution in [3.05, 3.63) is 35.9 Å². The molecule has 1 aromatic carbocycles. The summed E-state index contributed by atoms with van der Waals surface area (Å²) in [6, 6.07) is 10.1. The van der Waals surface area contributed by atoms with Gasteiger partial charge >= 0.3 is 0 Å². The lowest BCUT2D eigenvalue weighted by atomic mass is 10.1. The van der Waals surface area contributed by atoms with E-state index in [9.17, 15) is 9.59 Å². The van der Waals surface area contributed by atoms with Crippen molar-refractivity contribution in [1.82, 2.24) is 20.4 Å². The van der Waals surface area contributed by atoms with E-state index in [1.54, 1.807) is 26.0 Å². The van der Waals surface area contributed by atoms with Crippen LogP contribution in [0.5, 0.6) is 0 Å². The zero-order valence-electron chi connectivity index (χ0n) is 17.8. The van der Waals surface area contributed by atoms with E-state index >= 15 is 0 Å². The van der Waals surface area contributed by atoms with Crippen LogP contribution in [-0.4, -0.2) is 73.9 Å². The van der Waals surface area contributed by atoms with Gasteiger partial charge in [0.05, 0.1) is 6.54 Å². The smallest absolute Gasteiger partial charge is 0.243 e. The molecular formula is C20H34IN5O2. The molecule has 0 fully saturated rings. The zero-order chi connectivity index (χ0) is 20.4. The molecular weight excluding hydrogens is 469 g/mol. The second-order valence-corrected chi connectivity index (χ2v) is 7.74. The predicted octanol–water partition coefficient (Wildman–Crippen LogP) is 1.73. The molecule has 7 nitrogen and oxygen atoms in total. The number of nitrogens with one attached hydrogen (secondary N) is 2. The molecule has 0 heterocycles. The number of benzene rings is 1. The van der Waals surface area contributed by atoms with Crippen LogP contribution in [0.3, 0.4) is 0 Å². The lowest BCUT2D eigenvalue weighted by molar-refractivity contribution is -0.127. The van der Waals surface area contributed by atoms with Gasteiger partial charge in [0.25, 0.3) is 0 Å². The van der Waals surface area contributed by atoms with Crippen LogP contribution in [0, 0.1) is 0 Å². The number of halogens is 1. The average Bonchev–Trinajstić information content (AvgIpc) is 2.56. The molecule has 0 saturated carbocycles. The van der Waals surface area contributed by atoms with Crippen molar-refractivity contribution >= 4 is 41.8 Å². The summed E-state index contributed by atoms with van der Waals surface area (Å²) in [5.74, 6) is 0.344. The Hall–Kier alpha value is -1.84. The van der Waals surface area contributed by atoms with E-state index in [-0.39, 0.29) is 54.4 Å². The fraction of sp³-hybridized carbons (Fsp3) is 0.550. The van der Waals surface area contributed by atoms with Crippen molar-refractivity contribution in [1.29, 1.82) is 0 Å². The number of guanidine groups is 1. The van der Waals surface area contributed by atoms with Crippen LogP contribution >= 0.6 is 24.0 Å². The summed E-state index contributed by atoms with van der Waals surface area (Å²) < 4.78 is 0. The Kier molecular flexibility index (Phi) is 11.8. The quantitative estimate of drug-likeness (QED) is 0.338. The van der Waals surface area contributed by atoms with E-state index in [2.05, 4.69) is 27.8 Å². The number of aliphatic imine (C=N–C) groups is 1. The SMILES string of the molecule is CN(C)C(=O)CN=C(NCCc1ccccc1)N(C)CC(=O)NC(C)(C)C.I. The van der Waals surface area contributed by atoms with Gasteiger partial charge < -0.3 is 20.4 Å². The van der Waals surface area contributed by atoms with Crippen LogP contribution in [0.4, 0.5) is 0 Å². The van der Waals surface area contributed by atoms with Crippen LogP contribution in [0.25, 0.3) is 0 Å². The average molecular weight is 503 g/mol. The third-order valence-electron chi connectivity index (χ3n) is 3.66. The molecule has 28 heavy (non-hydrogen) atoms. The van der Waals surface area contributed by atoms with Gasteiger partial charge in [0.1, 0.15) is 6.54 Å². The monoisotopic (exact) mass is 503 g/mol. The van der Waals surface area contributed by atoms with Gasteiger partial charge in [0.15, 0.2) is 5.96 Å². The Balaban J connectivity index is 0.00000729. The van der Waals surface area contributed by atoms with Crippen molar-refractivity contribution in [2.75, 3.05) is 40.8 Å². The van der Waals surface area contributed by atoms with Gasteiger partial charge in [-0.3, -0.25) is 9.59 Å². The number of hydrogen-bond acceptors (Lipinski definition) is 3. The molecule has 0 aliphatic rings. The lowest BCUT2D eigenvalue weighted by Crippen LogP contribution is -2.49. The molecule has 1 rings (SSSR count). The highest BCUT2D eigenvalue weighted by molar-refractivity contribution is 14.0. The molecule has 158 valence electrons. The van der Waals surface area contributed by atoms with E-state index in [1.165, 1.54) is 10.5 Å². The molecule has 0 radical (unpaired) electrons. The summed E-state index contributed by atoms with van der Waals surface area (Å²) in [5, 5.41) is 6.19. The fourth-order valence-electron chi connectivity index (χ4n) is 2.31. The molecule has 0 unspecified atom stereocenters. The lowest BCUT2D eigenvalue weighted by Gasteiger charge is -2.25. The number of rotatable bonds is 7. The van der Waals surface area contributed by atoms with E-state index < -0.39 is 0 Å². The van der Waals surface area contributed by atoms with E-state index in [0.29, 0.717) is 12.5 Å². The highest BCUT2D eigenvalue weighted by Gasteiger charge is 2.17. The van der Waals surface area contributed by atoms with Gasteiger partial charge in [-0.1, -0.05) is 30.3 Å². The topological polar surface area (TPSA) is 77.0 Å². The third kappa shape index (κ3) is 11.1. The van der Waals surface area contributed by atoms with Crippen molar-refractivity contribution in [3.63, 3.8) is 0 Å². The Morgan fingerprint density at radius 3 is 2.21 bits per heavy atom. The molecule has 0 bridgehead atoms. The normalized spacial score (nSPS) is 11.3. The molecule has 8 heteroatoms. The largest absolute Gasteiger partial charge is 0.356 e. The van der Waals surface area contributed by atoms with Crippen molar-refractivity contribution < 1.29 is 9.59 Å². The maximum absolute atomic E-state index is 12.2. The number of nitrogens with zero attached hydrogens (tertiary/aromatic N) is 3. The molecule has 2 N–H and O–H groups in total. The number of carbonyl (C=O) groups excluding carboxylic acids is 2. The minimum atomic E-state index is -0.295. The molecule has 0 saturated heterocycles. The summed E-state index contributed by atoms with van der Waals surface area (Å²) in [6.45, 7) is 6.66. The number of hydrogen-bond donors (Lipinski definition) is 2. The van der Waals surface area contributed by atoms with Gasteiger partial charge in [-0.2, -0.15) is 0 Å². The summed E-state index contributed by atoms with van der Waals surface area (Å²) in [4.78, 5) is 31.7. The molecule has 0 aliphatic carbocycles. The number of amides is 2. The van der Waals surface area contributed by atoms with Crippen LogP contribution in [0.2, 0.25) is 0 Å². The molecule has 0 aliphatic heterocycles. The molecule has 1 aromatic rings. The first-order valence-electron chi connectivity index (χ1n) is 9.13. The van der Waals surface area contributed by atoms with Crippen molar-refractivity contribution in [2.45, 2.75) is 32.7 Å². The molecule has 0 aromatic heterocycles. The maximum atomic E-state index is 12.2. The Morgan fingerprint density at radius 1 is 1.07 bits per heavy atom. The zero-order valence-corrected chi connectivity index (χ0v) is 20.1. The number of likely N-dealkylation sites (N-methyl/N-ethyl adjacent to an activating group) is 2. The standard InChI is InChI=1S/C20H33N5O2.HI/c1-20(2,3)23-17(26)15-25(6)19(22-14-18(27)24(4)5)21-13-12-16-10-8-7-9-11-16;/h7-11H,12-15H2,1-6H3,(H,21,22)(H,23,26);1H. The molecule has 0 atom stereocenters. The van der Waals surface area contributed by atoms with E-state index in [0.717, 1.165) is 6.42 Å². The van der Waals surface area contributed by atoms with Crippen molar-refractivity contribution in [2.24, 2.45) is 4.99 Å². The first-order chi connectivity index (χ1) is 12.6. The van der Waals surface area contributed by atoms with E-state index in [1.807, 2.05) is 39.0 Å². The second kappa shape index (κ2) is 12.6. The van der Waals surface area contributed by atoms with Gasteiger partial charge in [-0.25, -0.2) is 4.99 Å². The van der Waals surface area contributed by atoms with Crippen LogP contribution in [0.15, 0.2) is 35.3 Å². The van der Waals surface area contributed by atoms with E-state index in [4.69, 9.17) is 0 Å². The van der Waals surface area contributed by atoms with Crippen LogP contribution in [0.1, 0.15) is 26.3 Å². The Bertz CT molecular complexity index is 642. The Labute approximate surface area is 186 Å². The second-order valence-electron chi connectivity index (χ2n) is 7.74. The van der Waals surface area contributed by atoms with Gasteiger partial charge in [0, 0.05) is 33.2 Å². The molecule has 2 amide bonds. The van der Waals surface area contributed by atoms with Crippen LogP contribution < -0.4 is 10.6 Å². The Morgan fingerprint density at radius 2 is 1.68 bits per heavy atom. The van der Waals surface area contributed by atoms with Crippen LogP contribution in [-0.2, 0) is 16.0 Å². The minimum Gasteiger partial charge on any atom is -0.356 e. The van der Waals surface area contributed by atoms with Gasteiger partial charge in [0.2, 0.25) is 11.8 Å². The summed E-state index contributed by atoms with van der Waals surface area (Å²) in [5.41, 5.74) is 0.915. The third-order valence-corrected chi connectivity index (χ3v) is 3.66. The highest BCUT2D eigenvalue weighted by atomic mass is 127. The summed E-state index contributed by atoms with van der Waals surface area (Å²) >= 11 is 0. The summed E-state index contributed by atoms with van der Waals surface area (Å²) in [6.07, 6.45) is 0.823. The minimum absolute atomic E-state index is 0. The van der Waals surface area contributed by atoms with Gasteiger partial charge in [-0.15, -0.1) is 24.0 Å². The van der Waals surface area contributed by atoms with Crippen molar-refractivity contribution in [3.8, 4) is 0 Å². The highest BCUT2D eigenvalue weighted by Crippen LogP contribution is 2.00. The first kappa shape index (κ1) is 26.2. The first-order valence-corrected chi connectivity index (χ1v) is 9.13. The van der Waals surface area contributed by atoms with Gasteiger partial charge in [-0.05, 0) is 32.8 Å². The number of carbonyl (C=O) groups is 2. The maximum Gasteiger partial charge on any atom is 0.243 e. The predicted molar refractivity (Wildman–Crippen MR) is 125 cm³/mol.